The molecular formula is C18H19NO4S. The number of thiol groups is 1. The van der Waals surface area contributed by atoms with Crippen molar-refractivity contribution in [2.75, 3.05) is 17.2 Å². The third-order valence-electron chi connectivity index (χ3n) is 3.62. The van der Waals surface area contributed by atoms with E-state index in [0.29, 0.717) is 17.9 Å². The molecule has 6 heteroatoms. The average Bonchev–Trinajstić information content (AvgIpc) is 2.59. The second kappa shape index (κ2) is 8.40. The minimum absolute atomic E-state index is 0.157. The van der Waals surface area contributed by atoms with Crippen molar-refractivity contribution < 1.29 is 19.8 Å². The molecule has 0 heterocycles. The number of phenols is 1. The van der Waals surface area contributed by atoms with Gasteiger partial charge < -0.3 is 15.1 Å². The molecule has 0 aliphatic carbocycles. The van der Waals surface area contributed by atoms with Crippen molar-refractivity contribution in [3.63, 3.8) is 0 Å². The first-order valence-corrected chi connectivity index (χ1v) is 8.11. The first kappa shape index (κ1) is 17.9. The molecule has 1 unspecified atom stereocenters. The normalized spacial score (nSPS) is 11.7. The van der Waals surface area contributed by atoms with Crippen LogP contribution < -0.4 is 4.90 Å². The third-order valence-corrected chi connectivity index (χ3v) is 4.06. The molecule has 2 rings (SSSR count). The highest BCUT2D eigenvalue weighted by molar-refractivity contribution is 7.80. The van der Waals surface area contributed by atoms with Crippen molar-refractivity contribution in [2.45, 2.75) is 6.42 Å². The van der Waals surface area contributed by atoms with Crippen LogP contribution >= 0.6 is 12.6 Å². The van der Waals surface area contributed by atoms with Gasteiger partial charge in [-0.1, -0.05) is 30.3 Å². The molecule has 2 aromatic carbocycles. The summed E-state index contributed by atoms with van der Waals surface area (Å²) < 4.78 is 0. The van der Waals surface area contributed by atoms with Crippen molar-refractivity contribution >= 4 is 30.2 Å². The summed E-state index contributed by atoms with van der Waals surface area (Å²) in [7, 11) is 0. The first-order valence-electron chi connectivity index (χ1n) is 7.48. The Hall–Kier alpha value is -2.47. The number of amides is 1. The maximum absolute atomic E-state index is 12.8. The lowest BCUT2D eigenvalue weighted by molar-refractivity contribution is -0.137. The Morgan fingerprint density at radius 3 is 2.21 bits per heavy atom. The lowest BCUT2D eigenvalue weighted by Crippen LogP contribution is -2.41. The number of aliphatic carboxylic acids is 1. The molecular weight excluding hydrogens is 326 g/mol. The lowest BCUT2D eigenvalue weighted by Gasteiger charge is -2.25. The SMILES string of the molecule is O=C(O)CN(C(=O)C(CS)Cc1ccc(O)cc1)c1ccccc1. The molecule has 1 amide bonds. The van der Waals surface area contributed by atoms with Crippen LogP contribution in [0, 0.1) is 5.92 Å². The number of phenolic OH excluding ortho intramolecular Hbond substituents is 1. The van der Waals surface area contributed by atoms with Crippen LogP contribution in [-0.4, -0.2) is 34.4 Å². The number of carboxylic acids is 1. The molecule has 1 atom stereocenters. The van der Waals surface area contributed by atoms with Crippen molar-refractivity contribution in [1.29, 1.82) is 0 Å². The van der Waals surface area contributed by atoms with E-state index < -0.39 is 18.4 Å². The number of carbonyl (C=O) groups is 2. The Morgan fingerprint density at radius 2 is 1.67 bits per heavy atom. The molecule has 0 fully saturated rings. The predicted molar refractivity (Wildman–Crippen MR) is 95.6 cm³/mol. The summed E-state index contributed by atoms with van der Waals surface area (Å²) in [5.74, 6) is -1.37. The average molecular weight is 345 g/mol. The van der Waals surface area contributed by atoms with E-state index in [1.165, 1.54) is 4.90 Å². The van der Waals surface area contributed by atoms with E-state index in [1.54, 1.807) is 54.6 Å². The highest BCUT2D eigenvalue weighted by Crippen LogP contribution is 2.20. The zero-order valence-electron chi connectivity index (χ0n) is 13.0. The highest BCUT2D eigenvalue weighted by Gasteiger charge is 2.26. The van der Waals surface area contributed by atoms with E-state index >= 15 is 0 Å². The molecule has 0 bridgehead atoms. The van der Waals surface area contributed by atoms with Gasteiger partial charge in [-0.2, -0.15) is 12.6 Å². The number of nitrogens with zero attached hydrogens (tertiary/aromatic N) is 1. The van der Waals surface area contributed by atoms with Crippen LogP contribution in [0.15, 0.2) is 54.6 Å². The number of hydrogen-bond acceptors (Lipinski definition) is 4. The molecule has 0 saturated carbocycles. The molecule has 0 aliphatic rings. The van der Waals surface area contributed by atoms with Crippen LogP contribution in [0.3, 0.4) is 0 Å². The second-order valence-electron chi connectivity index (χ2n) is 5.40. The van der Waals surface area contributed by atoms with Gasteiger partial charge >= 0.3 is 5.97 Å². The van der Waals surface area contributed by atoms with Gasteiger partial charge in [-0.3, -0.25) is 9.59 Å². The fourth-order valence-corrected chi connectivity index (χ4v) is 2.69. The van der Waals surface area contributed by atoms with E-state index in [-0.39, 0.29) is 11.7 Å². The summed E-state index contributed by atoms with van der Waals surface area (Å²) >= 11 is 4.26. The largest absolute Gasteiger partial charge is 0.508 e. The van der Waals surface area contributed by atoms with E-state index in [9.17, 15) is 14.7 Å². The fraction of sp³-hybridized carbons (Fsp3) is 0.222. The van der Waals surface area contributed by atoms with Crippen molar-refractivity contribution in [2.24, 2.45) is 5.92 Å². The van der Waals surface area contributed by atoms with Gasteiger partial charge in [0.05, 0.1) is 5.92 Å². The fourth-order valence-electron chi connectivity index (χ4n) is 2.41. The van der Waals surface area contributed by atoms with Crippen LogP contribution in [0.5, 0.6) is 5.75 Å². The van der Waals surface area contributed by atoms with Crippen molar-refractivity contribution in [3.05, 3.63) is 60.2 Å². The quantitative estimate of drug-likeness (QED) is 0.674. The minimum atomic E-state index is -1.07. The molecule has 0 saturated heterocycles. The Morgan fingerprint density at radius 1 is 1.04 bits per heavy atom. The number of rotatable bonds is 7. The molecule has 0 aliphatic heterocycles. The number of anilines is 1. The van der Waals surface area contributed by atoms with Crippen LogP contribution in [-0.2, 0) is 16.0 Å². The van der Waals surface area contributed by atoms with Crippen molar-refractivity contribution in [1.82, 2.24) is 0 Å². The summed E-state index contributed by atoms with van der Waals surface area (Å²) in [6.45, 7) is -0.400. The predicted octanol–water partition coefficient (Wildman–Crippen LogP) is 2.60. The number of carbonyl (C=O) groups excluding carboxylic acids is 1. The number of carboxylic acid groups (broad SMARTS) is 1. The molecule has 24 heavy (non-hydrogen) atoms. The number of aromatic hydroxyl groups is 1. The van der Waals surface area contributed by atoms with Gasteiger partial charge in [0.1, 0.15) is 12.3 Å². The Kier molecular flexibility index (Phi) is 6.26. The van der Waals surface area contributed by atoms with Crippen molar-refractivity contribution in [3.8, 4) is 5.75 Å². The summed E-state index contributed by atoms with van der Waals surface area (Å²) in [6.07, 6.45) is 0.422. The molecule has 0 aromatic heterocycles. The van der Waals surface area contributed by atoms with Gasteiger partial charge in [-0.25, -0.2) is 0 Å². The van der Waals surface area contributed by atoms with Gasteiger partial charge in [0.15, 0.2) is 0 Å². The molecule has 0 spiro atoms. The van der Waals surface area contributed by atoms with Gasteiger partial charge in [0.25, 0.3) is 0 Å². The van der Waals surface area contributed by atoms with E-state index in [4.69, 9.17) is 5.11 Å². The van der Waals surface area contributed by atoms with Gasteiger partial charge in [-0.05, 0) is 36.2 Å². The van der Waals surface area contributed by atoms with Gasteiger partial charge in [0, 0.05) is 11.4 Å². The van der Waals surface area contributed by atoms with Crippen LogP contribution in [0.4, 0.5) is 5.69 Å². The maximum atomic E-state index is 12.8. The van der Waals surface area contributed by atoms with Gasteiger partial charge in [0.2, 0.25) is 5.91 Å². The Labute approximate surface area is 146 Å². The zero-order valence-corrected chi connectivity index (χ0v) is 13.9. The summed E-state index contributed by atoms with van der Waals surface area (Å²) in [4.78, 5) is 25.3. The molecule has 2 aromatic rings. The molecule has 126 valence electrons. The molecule has 2 N–H and O–H groups in total. The topological polar surface area (TPSA) is 77.8 Å². The number of para-hydroxylation sites is 1. The summed E-state index contributed by atoms with van der Waals surface area (Å²) in [6, 6.07) is 15.3. The van der Waals surface area contributed by atoms with Crippen LogP contribution in [0.25, 0.3) is 0 Å². The maximum Gasteiger partial charge on any atom is 0.323 e. The third kappa shape index (κ3) is 4.76. The van der Waals surface area contributed by atoms with E-state index in [0.717, 1.165) is 5.56 Å². The Bertz CT molecular complexity index is 688. The smallest absolute Gasteiger partial charge is 0.323 e. The highest BCUT2D eigenvalue weighted by atomic mass is 32.1. The zero-order chi connectivity index (χ0) is 17.5. The standard InChI is InChI=1S/C18H19NO4S/c20-16-8-6-13(7-9-16)10-14(12-24)18(23)19(11-17(21)22)15-4-2-1-3-5-15/h1-9,14,20,24H,10-12H2,(H,21,22). The summed E-state index contributed by atoms with van der Waals surface area (Å²) in [5, 5.41) is 18.5. The minimum Gasteiger partial charge on any atom is -0.508 e. The van der Waals surface area contributed by atoms with E-state index in [1.807, 2.05) is 0 Å². The first-order chi connectivity index (χ1) is 11.5. The second-order valence-corrected chi connectivity index (χ2v) is 5.77. The van der Waals surface area contributed by atoms with Crippen LogP contribution in [0.2, 0.25) is 0 Å². The number of hydrogen-bond donors (Lipinski definition) is 3. The Balaban J connectivity index is 2.22. The van der Waals surface area contributed by atoms with E-state index in [2.05, 4.69) is 12.6 Å². The monoisotopic (exact) mass is 345 g/mol. The lowest BCUT2D eigenvalue weighted by atomic mass is 9.99. The summed E-state index contributed by atoms with van der Waals surface area (Å²) in [5.41, 5.74) is 1.42. The molecule has 5 nitrogen and oxygen atoms in total. The van der Waals surface area contributed by atoms with Gasteiger partial charge in [-0.15, -0.1) is 0 Å². The number of benzene rings is 2. The molecule has 0 radical (unpaired) electrons. The van der Waals surface area contributed by atoms with Crippen LogP contribution in [0.1, 0.15) is 5.56 Å².